The van der Waals surface area contributed by atoms with Crippen LogP contribution in [0.3, 0.4) is 0 Å². The highest BCUT2D eigenvalue weighted by atomic mass is 19.4. The van der Waals surface area contributed by atoms with Gasteiger partial charge in [0.1, 0.15) is 0 Å². The van der Waals surface area contributed by atoms with Gasteiger partial charge in [-0.05, 0) is 17.7 Å². The van der Waals surface area contributed by atoms with Gasteiger partial charge < -0.3 is 19.5 Å². The second kappa shape index (κ2) is 5.56. The van der Waals surface area contributed by atoms with E-state index in [0.29, 0.717) is 23.8 Å². The van der Waals surface area contributed by atoms with Gasteiger partial charge in [-0.3, -0.25) is 0 Å². The zero-order valence-corrected chi connectivity index (χ0v) is 10.3. The number of nitrogens with one attached hydrogen (secondary N) is 1. The molecule has 1 aromatic carbocycles. The number of fused-ring (bicyclic) bond motifs is 1. The van der Waals surface area contributed by atoms with Gasteiger partial charge in [0.05, 0.1) is 13.5 Å². The van der Waals surface area contributed by atoms with Gasteiger partial charge in [0, 0.05) is 13.1 Å². The number of hydrogen-bond acceptors (Lipinski definition) is 4. The molecule has 1 aromatic rings. The lowest BCUT2D eigenvalue weighted by Crippen LogP contribution is -2.21. The van der Waals surface area contributed by atoms with Crippen LogP contribution >= 0.6 is 0 Å². The molecule has 7 heteroatoms. The Hall–Kier alpha value is -1.63. The van der Waals surface area contributed by atoms with Crippen molar-refractivity contribution in [1.29, 1.82) is 0 Å². The normalized spacial score (nSPS) is 13.7. The molecule has 0 saturated carbocycles. The highest BCUT2D eigenvalue weighted by molar-refractivity contribution is 5.55. The van der Waals surface area contributed by atoms with Crippen molar-refractivity contribution in [1.82, 2.24) is 5.32 Å². The van der Waals surface area contributed by atoms with Crippen LogP contribution < -0.4 is 19.5 Å². The van der Waals surface area contributed by atoms with E-state index in [-0.39, 0.29) is 13.3 Å². The Bertz CT molecular complexity index is 449. The number of rotatable bonds is 5. The summed E-state index contributed by atoms with van der Waals surface area (Å²) in [6.45, 7) is 0.306. The molecule has 1 N–H and O–H groups in total. The van der Waals surface area contributed by atoms with Gasteiger partial charge in [0.15, 0.2) is 11.5 Å². The number of alkyl halides is 3. The van der Waals surface area contributed by atoms with E-state index < -0.39 is 12.6 Å². The first kappa shape index (κ1) is 13.8. The Labute approximate surface area is 108 Å². The summed E-state index contributed by atoms with van der Waals surface area (Å²) in [6.07, 6.45) is -4.99. The zero-order valence-electron chi connectivity index (χ0n) is 10.3. The number of ether oxygens (including phenoxy) is 3. The van der Waals surface area contributed by atoms with Gasteiger partial charge in [0.25, 0.3) is 0 Å². The first-order valence-electron chi connectivity index (χ1n) is 5.73. The fourth-order valence-corrected chi connectivity index (χ4v) is 1.75. The minimum atomic E-state index is -4.14. The molecule has 1 aliphatic heterocycles. The van der Waals surface area contributed by atoms with Crippen molar-refractivity contribution in [2.75, 3.05) is 20.4 Å². The maximum Gasteiger partial charge on any atom is 0.390 e. The Kier molecular flexibility index (Phi) is 4.04. The van der Waals surface area contributed by atoms with Crippen molar-refractivity contribution in [3.8, 4) is 17.2 Å². The molecule has 0 fully saturated rings. The van der Waals surface area contributed by atoms with Crippen LogP contribution in [0.5, 0.6) is 17.2 Å². The van der Waals surface area contributed by atoms with Crippen molar-refractivity contribution in [2.45, 2.75) is 19.1 Å². The molecule has 0 atom stereocenters. The topological polar surface area (TPSA) is 39.7 Å². The molecule has 1 aliphatic rings. The van der Waals surface area contributed by atoms with Crippen LogP contribution in [-0.2, 0) is 6.54 Å². The standard InChI is InChI=1S/C12H14F3NO3/c1-17-9-4-8(5-10-11(9)19-7-18-10)6-16-3-2-12(13,14)15/h4-5,16H,2-3,6-7H2,1H3. The second-order valence-electron chi connectivity index (χ2n) is 4.07. The Balaban J connectivity index is 1.94. The largest absolute Gasteiger partial charge is 0.493 e. The maximum atomic E-state index is 12.0. The van der Waals surface area contributed by atoms with Crippen molar-refractivity contribution >= 4 is 0 Å². The summed E-state index contributed by atoms with van der Waals surface area (Å²) in [7, 11) is 1.50. The summed E-state index contributed by atoms with van der Waals surface area (Å²) in [5.41, 5.74) is 0.781. The Morgan fingerprint density at radius 2 is 2.11 bits per heavy atom. The molecular weight excluding hydrogens is 263 g/mol. The lowest BCUT2D eigenvalue weighted by molar-refractivity contribution is -0.133. The molecule has 0 amide bonds. The quantitative estimate of drug-likeness (QED) is 0.839. The summed E-state index contributed by atoms with van der Waals surface area (Å²) >= 11 is 0. The zero-order chi connectivity index (χ0) is 13.9. The van der Waals surface area contributed by atoms with Crippen LogP contribution in [0.15, 0.2) is 12.1 Å². The minimum Gasteiger partial charge on any atom is -0.493 e. The van der Waals surface area contributed by atoms with Crippen LogP contribution in [0.1, 0.15) is 12.0 Å². The van der Waals surface area contributed by atoms with Gasteiger partial charge in [-0.1, -0.05) is 0 Å². The molecule has 2 rings (SSSR count). The van der Waals surface area contributed by atoms with Crippen LogP contribution in [0.2, 0.25) is 0 Å². The van der Waals surface area contributed by atoms with E-state index >= 15 is 0 Å². The van der Waals surface area contributed by atoms with Gasteiger partial charge in [-0.2, -0.15) is 13.2 Å². The first-order valence-corrected chi connectivity index (χ1v) is 5.73. The molecule has 0 unspecified atom stereocenters. The van der Waals surface area contributed by atoms with E-state index in [9.17, 15) is 13.2 Å². The smallest absolute Gasteiger partial charge is 0.390 e. The van der Waals surface area contributed by atoms with Crippen LogP contribution in [0.4, 0.5) is 13.2 Å². The molecular formula is C12H14F3NO3. The predicted octanol–water partition coefficient (Wildman–Crippen LogP) is 2.47. The van der Waals surface area contributed by atoms with Gasteiger partial charge >= 0.3 is 6.18 Å². The highest BCUT2D eigenvalue weighted by Crippen LogP contribution is 2.41. The number of methoxy groups -OCH3 is 1. The highest BCUT2D eigenvalue weighted by Gasteiger charge is 2.26. The van der Waals surface area contributed by atoms with Crippen LogP contribution in [0, 0.1) is 0 Å². The van der Waals surface area contributed by atoms with E-state index in [4.69, 9.17) is 14.2 Å². The third-order valence-electron chi connectivity index (χ3n) is 2.63. The van der Waals surface area contributed by atoms with E-state index in [1.165, 1.54) is 7.11 Å². The SMILES string of the molecule is COc1cc(CNCCC(F)(F)F)cc2c1OCO2. The van der Waals surface area contributed by atoms with Gasteiger partial charge in [-0.25, -0.2) is 0 Å². The number of hydrogen-bond donors (Lipinski definition) is 1. The predicted molar refractivity (Wildman–Crippen MR) is 61.5 cm³/mol. The monoisotopic (exact) mass is 277 g/mol. The third kappa shape index (κ3) is 3.66. The molecule has 0 aliphatic carbocycles. The maximum absolute atomic E-state index is 12.0. The molecule has 1 heterocycles. The third-order valence-corrected chi connectivity index (χ3v) is 2.63. The Morgan fingerprint density at radius 3 is 2.79 bits per heavy atom. The second-order valence-corrected chi connectivity index (χ2v) is 4.07. The molecule has 19 heavy (non-hydrogen) atoms. The first-order chi connectivity index (χ1) is 8.99. The molecule has 0 radical (unpaired) electrons. The van der Waals surface area contributed by atoms with Crippen molar-refractivity contribution in [2.24, 2.45) is 0 Å². The average molecular weight is 277 g/mol. The summed E-state index contributed by atoms with van der Waals surface area (Å²) in [6, 6.07) is 3.44. The van der Waals surface area contributed by atoms with Crippen molar-refractivity contribution < 1.29 is 27.4 Å². The summed E-state index contributed by atoms with van der Waals surface area (Å²) in [5, 5.41) is 2.73. The number of halogens is 3. The summed E-state index contributed by atoms with van der Waals surface area (Å²) < 4.78 is 51.6. The van der Waals surface area contributed by atoms with E-state index in [1.54, 1.807) is 12.1 Å². The van der Waals surface area contributed by atoms with E-state index in [1.807, 2.05) is 0 Å². The molecule has 4 nitrogen and oxygen atoms in total. The lowest BCUT2D eigenvalue weighted by Gasteiger charge is -2.10. The van der Waals surface area contributed by atoms with Gasteiger partial charge in [0.2, 0.25) is 12.5 Å². The van der Waals surface area contributed by atoms with Crippen LogP contribution in [0.25, 0.3) is 0 Å². The van der Waals surface area contributed by atoms with E-state index in [0.717, 1.165) is 5.56 Å². The summed E-state index contributed by atoms with van der Waals surface area (Å²) in [5.74, 6) is 1.59. The van der Waals surface area contributed by atoms with Crippen molar-refractivity contribution in [3.63, 3.8) is 0 Å². The van der Waals surface area contributed by atoms with E-state index in [2.05, 4.69) is 5.32 Å². The fraction of sp³-hybridized carbons (Fsp3) is 0.500. The average Bonchev–Trinajstić information content (AvgIpc) is 2.80. The molecule has 0 spiro atoms. The summed E-state index contributed by atoms with van der Waals surface area (Å²) in [4.78, 5) is 0. The Morgan fingerprint density at radius 1 is 1.32 bits per heavy atom. The number of benzene rings is 1. The van der Waals surface area contributed by atoms with Crippen molar-refractivity contribution in [3.05, 3.63) is 17.7 Å². The molecule has 0 aromatic heterocycles. The van der Waals surface area contributed by atoms with Gasteiger partial charge in [-0.15, -0.1) is 0 Å². The molecule has 0 bridgehead atoms. The minimum absolute atomic E-state index is 0.122. The fourth-order valence-electron chi connectivity index (χ4n) is 1.75. The molecule has 106 valence electrons. The van der Waals surface area contributed by atoms with Crippen LogP contribution in [-0.4, -0.2) is 26.6 Å². The molecule has 0 saturated heterocycles. The lowest BCUT2D eigenvalue weighted by atomic mass is 10.2.